The van der Waals surface area contributed by atoms with Gasteiger partial charge in [-0.2, -0.15) is 13.7 Å². The van der Waals surface area contributed by atoms with Crippen LogP contribution in [0.1, 0.15) is 18.1 Å². The van der Waals surface area contributed by atoms with Gasteiger partial charge < -0.3 is 14.2 Å². The fourth-order valence-electron chi connectivity index (χ4n) is 3.66. The number of carbonyl (C=O) groups is 1. The van der Waals surface area contributed by atoms with Crippen molar-refractivity contribution in [2.75, 3.05) is 11.9 Å². The van der Waals surface area contributed by atoms with E-state index < -0.39 is 16.0 Å². The van der Waals surface area contributed by atoms with Crippen molar-refractivity contribution in [3.05, 3.63) is 102 Å². The summed E-state index contributed by atoms with van der Waals surface area (Å²) in [6.45, 7) is 4.24. The molecular weight excluding hydrogens is 488 g/mol. The van der Waals surface area contributed by atoms with Crippen LogP contribution in [0.25, 0.3) is 16.8 Å². The molecule has 4 rings (SSSR count). The highest BCUT2D eigenvalue weighted by atomic mass is 32.2. The summed E-state index contributed by atoms with van der Waals surface area (Å²) in [6, 6.07) is 25.4. The van der Waals surface area contributed by atoms with Crippen LogP contribution in [0.5, 0.6) is 11.5 Å². The minimum atomic E-state index is -4.17. The summed E-state index contributed by atoms with van der Waals surface area (Å²) in [4.78, 5) is 12.9. The Morgan fingerprint density at radius 3 is 2.35 bits per heavy atom. The highest BCUT2D eigenvalue weighted by Gasteiger charge is 2.20. The Morgan fingerprint density at radius 2 is 1.68 bits per heavy atom. The normalized spacial score (nSPS) is 11.5. The van der Waals surface area contributed by atoms with Crippen LogP contribution in [0.3, 0.4) is 0 Å². The van der Waals surface area contributed by atoms with Crippen molar-refractivity contribution in [2.24, 2.45) is 0 Å². The molecule has 0 bridgehead atoms. The minimum absolute atomic E-state index is 0.000826. The summed E-state index contributed by atoms with van der Waals surface area (Å²) >= 11 is 0. The largest absolute Gasteiger partial charge is 0.494 e. The molecule has 0 saturated carbocycles. The van der Waals surface area contributed by atoms with E-state index in [0.29, 0.717) is 29.0 Å². The number of benzene rings is 4. The van der Waals surface area contributed by atoms with Gasteiger partial charge in [-0.15, -0.1) is 0 Å². The van der Waals surface area contributed by atoms with Crippen molar-refractivity contribution in [3.8, 4) is 17.6 Å². The third kappa shape index (κ3) is 5.97. The molecule has 7 nitrogen and oxygen atoms in total. The van der Waals surface area contributed by atoms with Gasteiger partial charge in [0.25, 0.3) is 5.91 Å². The van der Waals surface area contributed by atoms with Gasteiger partial charge in [0.05, 0.1) is 6.61 Å². The fourth-order valence-corrected chi connectivity index (χ4v) is 4.61. The zero-order valence-electron chi connectivity index (χ0n) is 20.3. The second-order valence-electron chi connectivity index (χ2n) is 8.13. The molecule has 0 spiro atoms. The summed E-state index contributed by atoms with van der Waals surface area (Å²) in [5.41, 5.74) is 1.46. The predicted octanol–water partition coefficient (Wildman–Crippen LogP) is 5.86. The number of hydrogen-bond acceptors (Lipinski definition) is 6. The van der Waals surface area contributed by atoms with Crippen LogP contribution in [-0.2, 0) is 14.9 Å². The van der Waals surface area contributed by atoms with Crippen LogP contribution >= 0.6 is 0 Å². The smallest absolute Gasteiger partial charge is 0.339 e. The van der Waals surface area contributed by atoms with E-state index in [-0.39, 0.29) is 16.2 Å². The molecule has 0 saturated heterocycles. The molecule has 4 aromatic rings. The van der Waals surface area contributed by atoms with Crippen molar-refractivity contribution < 1.29 is 22.1 Å². The molecule has 0 heterocycles. The summed E-state index contributed by atoms with van der Waals surface area (Å²) in [6.07, 6.45) is 1.34. The van der Waals surface area contributed by atoms with E-state index in [1.165, 1.54) is 24.3 Å². The zero-order valence-corrected chi connectivity index (χ0v) is 21.1. The van der Waals surface area contributed by atoms with E-state index in [2.05, 4.69) is 5.32 Å². The topological polar surface area (TPSA) is 105 Å². The van der Waals surface area contributed by atoms with Crippen molar-refractivity contribution in [1.82, 2.24) is 0 Å². The van der Waals surface area contributed by atoms with Gasteiger partial charge in [0, 0.05) is 11.3 Å². The molecule has 0 atom stereocenters. The molecule has 186 valence electrons. The molecule has 0 aliphatic heterocycles. The molecule has 0 fully saturated rings. The number of aryl methyl sites for hydroxylation is 1. The van der Waals surface area contributed by atoms with Crippen LogP contribution < -0.4 is 14.2 Å². The van der Waals surface area contributed by atoms with Crippen molar-refractivity contribution in [3.63, 3.8) is 0 Å². The number of nitrogens with zero attached hydrogens (tertiary/aromatic N) is 1. The van der Waals surface area contributed by atoms with E-state index in [1.54, 1.807) is 54.6 Å². The Bertz CT molecular complexity index is 1620. The predicted molar refractivity (Wildman–Crippen MR) is 143 cm³/mol. The van der Waals surface area contributed by atoms with Crippen molar-refractivity contribution in [2.45, 2.75) is 18.7 Å². The summed E-state index contributed by atoms with van der Waals surface area (Å²) < 4.78 is 36.9. The molecule has 0 aromatic heterocycles. The molecule has 0 unspecified atom stereocenters. The Labute approximate surface area is 215 Å². The molecular formula is C29H24N2O5S. The number of carbonyl (C=O) groups excluding carboxylic acids is 1. The van der Waals surface area contributed by atoms with Gasteiger partial charge in [-0.3, -0.25) is 4.79 Å². The van der Waals surface area contributed by atoms with Gasteiger partial charge in [0.2, 0.25) is 0 Å². The number of hydrogen-bond donors (Lipinski definition) is 1. The molecule has 1 amide bonds. The Balaban J connectivity index is 1.72. The van der Waals surface area contributed by atoms with Crippen molar-refractivity contribution in [1.29, 1.82) is 5.26 Å². The summed E-state index contributed by atoms with van der Waals surface area (Å²) in [7, 11) is -4.17. The molecule has 37 heavy (non-hydrogen) atoms. The van der Waals surface area contributed by atoms with Gasteiger partial charge in [-0.05, 0) is 73.2 Å². The first-order valence-electron chi connectivity index (χ1n) is 11.5. The fraction of sp³-hybridized carbons (Fsp3) is 0.103. The van der Waals surface area contributed by atoms with Crippen LogP contribution in [-0.4, -0.2) is 20.9 Å². The second-order valence-corrected chi connectivity index (χ2v) is 9.68. The number of fused-ring (bicyclic) bond motifs is 1. The lowest BCUT2D eigenvalue weighted by Crippen LogP contribution is -2.14. The maximum absolute atomic E-state index is 13.0. The molecule has 4 aromatic carbocycles. The van der Waals surface area contributed by atoms with E-state index in [4.69, 9.17) is 8.92 Å². The van der Waals surface area contributed by atoms with Gasteiger partial charge in [-0.1, -0.05) is 48.0 Å². The van der Waals surface area contributed by atoms with Gasteiger partial charge in [0.15, 0.2) is 5.75 Å². The van der Waals surface area contributed by atoms with Crippen molar-refractivity contribution >= 4 is 38.6 Å². The summed E-state index contributed by atoms with van der Waals surface area (Å²) in [5.74, 6) is 0.0108. The van der Waals surface area contributed by atoms with E-state index in [0.717, 1.165) is 10.9 Å². The number of amides is 1. The number of nitriles is 1. The van der Waals surface area contributed by atoms with Crippen LogP contribution in [0.4, 0.5) is 5.69 Å². The Morgan fingerprint density at radius 1 is 0.973 bits per heavy atom. The number of rotatable bonds is 8. The molecule has 0 radical (unpaired) electrons. The first-order chi connectivity index (χ1) is 17.8. The monoisotopic (exact) mass is 512 g/mol. The number of ether oxygens (including phenoxy) is 1. The molecule has 0 aliphatic rings. The average Bonchev–Trinajstić information content (AvgIpc) is 2.89. The van der Waals surface area contributed by atoms with Crippen LogP contribution in [0.15, 0.2) is 95.4 Å². The molecule has 1 N–H and O–H groups in total. The molecule has 0 aliphatic carbocycles. The lowest BCUT2D eigenvalue weighted by atomic mass is 10.0. The maximum atomic E-state index is 13.0. The highest BCUT2D eigenvalue weighted by molar-refractivity contribution is 7.87. The SMILES string of the molecule is CCOc1ccc(NC(=O)/C(C#N)=C/c2c(OS(=O)(=O)c3ccc(C)cc3)ccc3ccccc23)cc1. The maximum Gasteiger partial charge on any atom is 0.339 e. The number of nitrogens with one attached hydrogen (secondary N) is 1. The third-order valence-electron chi connectivity index (χ3n) is 5.52. The molecule has 8 heteroatoms. The lowest BCUT2D eigenvalue weighted by Gasteiger charge is -2.13. The van der Waals surface area contributed by atoms with Crippen LogP contribution in [0.2, 0.25) is 0 Å². The van der Waals surface area contributed by atoms with Gasteiger partial charge in [-0.25, -0.2) is 0 Å². The Hall–Kier alpha value is -4.61. The quantitative estimate of drug-likeness (QED) is 0.180. The Kier molecular flexibility index (Phi) is 7.56. The van der Waals surface area contributed by atoms with E-state index >= 15 is 0 Å². The number of anilines is 1. The summed E-state index contributed by atoms with van der Waals surface area (Å²) in [5, 5.41) is 13.9. The lowest BCUT2D eigenvalue weighted by molar-refractivity contribution is -0.112. The minimum Gasteiger partial charge on any atom is -0.494 e. The zero-order chi connectivity index (χ0) is 26.4. The van der Waals surface area contributed by atoms with Crippen LogP contribution in [0, 0.1) is 18.3 Å². The van der Waals surface area contributed by atoms with E-state index in [9.17, 15) is 18.5 Å². The highest BCUT2D eigenvalue weighted by Crippen LogP contribution is 2.32. The average molecular weight is 513 g/mol. The standard InChI is InChI=1S/C29H24N2O5S/c1-3-35-24-13-11-23(12-14-24)31-29(32)22(19-30)18-27-26-7-5-4-6-21(26)10-17-28(27)36-37(33,34)25-15-8-20(2)9-16-25/h4-18H,3H2,1-2H3,(H,31,32)/b22-18+. The first-order valence-corrected chi connectivity index (χ1v) is 12.9. The van der Waals surface area contributed by atoms with Gasteiger partial charge >= 0.3 is 10.1 Å². The first kappa shape index (κ1) is 25.5. The second kappa shape index (κ2) is 11.0. The third-order valence-corrected chi connectivity index (χ3v) is 6.77. The van der Waals surface area contributed by atoms with Gasteiger partial charge in [0.1, 0.15) is 22.3 Å². The van der Waals surface area contributed by atoms with E-state index in [1.807, 2.05) is 32.0 Å².